The minimum Gasteiger partial charge on any atom is -0.504 e. The van der Waals surface area contributed by atoms with Gasteiger partial charge in [-0.15, -0.1) is 0 Å². The van der Waals surface area contributed by atoms with Crippen LogP contribution in [0.5, 0.6) is 28.7 Å². The summed E-state index contributed by atoms with van der Waals surface area (Å²) in [6.07, 6.45) is 2.92. The van der Waals surface area contributed by atoms with Crippen molar-refractivity contribution in [3.8, 4) is 28.7 Å². The molecule has 7 heteroatoms. The lowest BCUT2D eigenvalue weighted by Crippen LogP contribution is -2.07. The molecule has 2 aromatic rings. The highest BCUT2D eigenvalue weighted by molar-refractivity contribution is 6.02. The summed E-state index contributed by atoms with van der Waals surface area (Å²) in [7, 11) is 6.03. The number of carbonyl (C=O) groups is 1. The molecule has 0 radical (unpaired) electrons. The molecule has 0 saturated carbocycles. The van der Waals surface area contributed by atoms with E-state index < -0.39 is 0 Å². The van der Waals surface area contributed by atoms with Gasteiger partial charge in [-0.3, -0.25) is 4.79 Å². The second kappa shape index (κ2) is 8.66. The van der Waals surface area contributed by atoms with Gasteiger partial charge in [0, 0.05) is 30.0 Å². The van der Waals surface area contributed by atoms with Gasteiger partial charge in [0.05, 0.1) is 34.0 Å². The predicted molar refractivity (Wildman–Crippen MR) is 98.4 cm³/mol. The molecule has 0 spiro atoms. The monoisotopic (exact) mass is 359 g/mol. The maximum absolute atomic E-state index is 12.2. The van der Waals surface area contributed by atoms with E-state index in [-0.39, 0.29) is 11.7 Å². The summed E-state index contributed by atoms with van der Waals surface area (Å²) < 4.78 is 20.8. The largest absolute Gasteiger partial charge is 0.504 e. The van der Waals surface area contributed by atoms with Crippen LogP contribution in [0.15, 0.2) is 36.4 Å². The normalized spacial score (nSPS) is 10.5. The number of hydrogen-bond acceptors (Lipinski definition) is 6. The van der Waals surface area contributed by atoms with Gasteiger partial charge in [-0.05, 0) is 18.2 Å². The van der Waals surface area contributed by atoms with Crippen molar-refractivity contribution in [1.29, 1.82) is 0 Å². The van der Waals surface area contributed by atoms with E-state index >= 15 is 0 Å². The van der Waals surface area contributed by atoms with Crippen LogP contribution in [0.3, 0.4) is 0 Å². The smallest absolute Gasteiger partial charge is 0.248 e. The number of benzene rings is 2. The van der Waals surface area contributed by atoms with Crippen LogP contribution in [0.4, 0.5) is 5.69 Å². The fraction of sp³-hybridized carbons (Fsp3) is 0.211. The molecule has 0 unspecified atom stereocenters. The molecule has 2 aromatic carbocycles. The Balaban J connectivity index is 2.21. The van der Waals surface area contributed by atoms with E-state index in [9.17, 15) is 9.90 Å². The number of phenolic OH excluding ortho intramolecular Hbond substituents is 1. The summed E-state index contributed by atoms with van der Waals surface area (Å²) in [4.78, 5) is 12.2. The molecule has 0 bridgehead atoms. The number of nitrogens with one attached hydrogen (secondary N) is 1. The first-order valence-corrected chi connectivity index (χ1v) is 7.68. The van der Waals surface area contributed by atoms with Crippen LogP contribution in [-0.2, 0) is 4.79 Å². The van der Waals surface area contributed by atoms with Crippen LogP contribution in [-0.4, -0.2) is 39.5 Å². The minimum absolute atomic E-state index is 0.0622. The average Bonchev–Trinajstić information content (AvgIpc) is 2.65. The Morgan fingerprint density at radius 1 is 0.923 bits per heavy atom. The zero-order valence-electron chi connectivity index (χ0n) is 15.0. The Kier molecular flexibility index (Phi) is 6.32. The first-order chi connectivity index (χ1) is 12.5. The lowest BCUT2D eigenvalue weighted by molar-refractivity contribution is -0.111. The number of hydrogen-bond donors (Lipinski definition) is 2. The van der Waals surface area contributed by atoms with Crippen LogP contribution in [0.2, 0.25) is 0 Å². The Morgan fingerprint density at radius 2 is 1.54 bits per heavy atom. The van der Waals surface area contributed by atoms with Crippen molar-refractivity contribution in [3.05, 3.63) is 42.0 Å². The van der Waals surface area contributed by atoms with Crippen LogP contribution in [0.1, 0.15) is 5.56 Å². The molecule has 26 heavy (non-hydrogen) atoms. The maximum Gasteiger partial charge on any atom is 0.248 e. The second-order valence-corrected chi connectivity index (χ2v) is 5.15. The minimum atomic E-state index is -0.380. The van der Waals surface area contributed by atoms with Crippen molar-refractivity contribution in [2.75, 3.05) is 33.8 Å². The maximum atomic E-state index is 12.2. The Labute approximate surface area is 151 Å². The molecule has 138 valence electrons. The summed E-state index contributed by atoms with van der Waals surface area (Å²) in [6.45, 7) is 0. The molecule has 2 rings (SSSR count). The van der Waals surface area contributed by atoms with E-state index in [0.29, 0.717) is 34.2 Å². The molecule has 2 N–H and O–H groups in total. The molecule has 0 aliphatic heterocycles. The summed E-state index contributed by atoms with van der Waals surface area (Å²) in [6, 6.07) is 7.98. The molecule has 0 heterocycles. The second-order valence-electron chi connectivity index (χ2n) is 5.15. The van der Waals surface area contributed by atoms with Gasteiger partial charge in [0.2, 0.25) is 5.91 Å². The van der Waals surface area contributed by atoms with Crippen molar-refractivity contribution in [2.45, 2.75) is 0 Å². The quantitative estimate of drug-likeness (QED) is 0.739. The van der Waals surface area contributed by atoms with Gasteiger partial charge >= 0.3 is 0 Å². The molecule has 0 aliphatic rings. The van der Waals surface area contributed by atoms with E-state index in [1.54, 1.807) is 37.5 Å². The fourth-order valence-corrected chi connectivity index (χ4v) is 2.31. The lowest BCUT2D eigenvalue weighted by Gasteiger charge is -2.12. The number of aromatic hydroxyl groups is 1. The number of methoxy groups -OCH3 is 4. The van der Waals surface area contributed by atoms with Gasteiger partial charge in [0.25, 0.3) is 0 Å². The fourth-order valence-electron chi connectivity index (χ4n) is 2.31. The molecule has 1 amide bonds. The van der Waals surface area contributed by atoms with Gasteiger partial charge in [0.15, 0.2) is 11.5 Å². The average molecular weight is 359 g/mol. The number of phenols is 1. The summed E-state index contributed by atoms with van der Waals surface area (Å²) in [5.74, 6) is 1.47. The van der Waals surface area contributed by atoms with Gasteiger partial charge in [0.1, 0.15) is 17.2 Å². The molecular weight excluding hydrogens is 338 g/mol. The van der Waals surface area contributed by atoms with Crippen molar-refractivity contribution >= 4 is 17.7 Å². The first-order valence-electron chi connectivity index (χ1n) is 7.68. The van der Waals surface area contributed by atoms with Gasteiger partial charge < -0.3 is 29.4 Å². The van der Waals surface area contributed by atoms with E-state index in [4.69, 9.17) is 18.9 Å². The van der Waals surface area contributed by atoms with E-state index in [0.717, 1.165) is 0 Å². The predicted octanol–water partition coefficient (Wildman–Crippen LogP) is 3.08. The van der Waals surface area contributed by atoms with E-state index in [1.807, 2.05) is 0 Å². The number of anilines is 1. The highest BCUT2D eigenvalue weighted by Crippen LogP contribution is 2.35. The Morgan fingerprint density at radius 3 is 2.04 bits per heavy atom. The van der Waals surface area contributed by atoms with Gasteiger partial charge in [-0.2, -0.15) is 0 Å². The Bertz CT molecular complexity index is 791. The third kappa shape index (κ3) is 4.38. The molecule has 0 aromatic heterocycles. The molecule has 0 saturated heterocycles. The van der Waals surface area contributed by atoms with E-state index in [2.05, 4.69) is 5.32 Å². The number of ether oxygens (including phenoxy) is 4. The van der Waals surface area contributed by atoms with Crippen LogP contribution in [0.25, 0.3) is 6.08 Å². The van der Waals surface area contributed by atoms with Crippen LogP contribution >= 0.6 is 0 Å². The first kappa shape index (κ1) is 19.0. The third-order valence-electron chi connectivity index (χ3n) is 3.60. The van der Waals surface area contributed by atoms with Crippen molar-refractivity contribution in [3.63, 3.8) is 0 Å². The van der Waals surface area contributed by atoms with Gasteiger partial charge in [-0.25, -0.2) is 0 Å². The zero-order valence-corrected chi connectivity index (χ0v) is 15.0. The number of amides is 1. The van der Waals surface area contributed by atoms with Crippen molar-refractivity contribution in [2.24, 2.45) is 0 Å². The summed E-state index contributed by atoms with van der Waals surface area (Å²) in [5, 5.41) is 12.4. The third-order valence-corrected chi connectivity index (χ3v) is 3.60. The molecule has 0 aliphatic carbocycles. The topological polar surface area (TPSA) is 86.3 Å². The highest BCUT2D eigenvalue weighted by atomic mass is 16.5. The Hall–Kier alpha value is -3.35. The summed E-state index contributed by atoms with van der Waals surface area (Å²) in [5.41, 5.74) is 1.04. The number of rotatable bonds is 7. The van der Waals surface area contributed by atoms with E-state index in [1.165, 1.54) is 33.5 Å². The summed E-state index contributed by atoms with van der Waals surface area (Å²) >= 11 is 0. The molecule has 0 atom stereocenters. The van der Waals surface area contributed by atoms with Crippen molar-refractivity contribution in [1.82, 2.24) is 0 Å². The van der Waals surface area contributed by atoms with Crippen molar-refractivity contribution < 1.29 is 28.8 Å². The lowest BCUT2D eigenvalue weighted by atomic mass is 10.1. The molecule has 7 nitrogen and oxygen atoms in total. The molecular formula is C19H21NO6. The standard InChI is InChI=1S/C19H21NO6/c1-23-13-10-17(25-3)14(18(11-13)26-4)6-8-19(22)20-12-5-7-16(24-2)15(21)9-12/h5-11,21H,1-4H3,(H,20,22)/b8-6+. The highest BCUT2D eigenvalue weighted by Gasteiger charge is 2.11. The van der Waals surface area contributed by atoms with Crippen LogP contribution < -0.4 is 24.3 Å². The molecule has 0 fully saturated rings. The zero-order chi connectivity index (χ0) is 19.1. The number of carbonyl (C=O) groups excluding carboxylic acids is 1. The SMILES string of the molecule is COc1cc(OC)c(/C=C/C(=O)Nc2ccc(OC)c(O)c2)c(OC)c1. The van der Waals surface area contributed by atoms with Crippen LogP contribution in [0, 0.1) is 0 Å². The van der Waals surface area contributed by atoms with Gasteiger partial charge in [-0.1, -0.05) is 0 Å².